The molecule has 1 heterocycles. The van der Waals surface area contributed by atoms with Crippen LogP contribution in [0.25, 0.3) is 0 Å². The summed E-state index contributed by atoms with van der Waals surface area (Å²) < 4.78 is 30.2. The summed E-state index contributed by atoms with van der Waals surface area (Å²) in [5.41, 5.74) is -0.475. The van der Waals surface area contributed by atoms with Gasteiger partial charge in [0.1, 0.15) is 5.60 Å². The van der Waals surface area contributed by atoms with Crippen molar-refractivity contribution in [3.8, 4) is 0 Å². The van der Waals surface area contributed by atoms with Gasteiger partial charge in [-0.05, 0) is 40.5 Å². The number of carbonyl (C=O) groups excluding carboxylic acids is 1. The Bertz CT molecular complexity index is 420. The molecule has 20 heavy (non-hydrogen) atoms. The van der Waals surface area contributed by atoms with E-state index in [0.29, 0.717) is 13.1 Å². The molecule has 0 atom stereocenters. The van der Waals surface area contributed by atoms with Gasteiger partial charge in [0.25, 0.3) is 0 Å². The third kappa shape index (κ3) is 5.76. The van der Waals surface area contributed by atoms with Crippen molar-refractivity contribution in [2.45, 2.75) is 52.2 Å². The molecule has 0 aliphatic carbocycles. The fourth-order valence-corrected chi connectivity index (χ4v) is 3.26. The largest absolute Gasteiger partial charge is 0.459 e. The first kappa shape index (κ1) is 17.4. The maximum absolute atomic E-state index is 11.7. The lowest BCUT2D eigenvalue weighted by molar-refractivity contribution is -0.153. The minimum Gasteiger partial charge on any atom is -0.459 e. The van der Waals surface area contributed by atoms with Crippen molar-refractivity contribution in [2.75, 3.05) is 25.4 Å². The second-order valence-electron chi connectivity index (χ2n) is 6.04. The Hall–Kier alpha value is -0.660. The van der Waals surface area contributed by atoms with Gasteiger partial charge in [-0.2, -0.15) is 0 Å². The van der Waals surface area contributed by atoms with E-state index in [2.05, 4.69) is 5.32 Å². The number of sulfonamides is 1. The summed E-state index contributed by atoms with van der Waals surface area (Å²) in [6, 6.07) is 0.172. The van der Waals surface area contributed by atoms with E-state index < -0.39 is 15.6 Å². The number of carbonyl (C=O) groups is 1. The summed E-state index contributed by atoms with van der Waals surface area (Å²) in [7, 11) is -3.09. The molecule has 0 aromatic rings. The third-order valence-electron chi connectivity index (χ3n) is 3.17. The Morgan fingerprint density at radius 2 is 1.85 bits per heavy atom. The highest BCUT2D eigenvalue weighted by Crippen LogP contribution is 2.14. The average Bonchev–Trinajstić information content (AvgIpc) is 2.35. The van der Waals surface area contributed by atoms with Gasteiger partial charge in [-0.1, -0.05) is 0 Å². The summed E-state index contributed by atoms with van der Waals surface area (Å²) in [5, 5.41) is 3.14. The Labute approximate surface area is 121 Å². The molecule has 0 unspecified atom stereocenters. The molecular weight excluding hydrogens is 280 g/mol. The number of ether oxygens (including phenoxy) is 1. The Morgan fingerprint density at radius 3 is 2.30 bits per heavy atom. The fraction of sp³-hybridized carbons (Fsp3) is 0.923. The molecule has 0 amide bonds. The summed E-state index contributed by atoms with van der Waals surface area (Å²) in [6.07, 6.45) is 1.45. The molecule has 1 aliphatic rings. The predicted octanol–water partition coefficient (Wildman–Crippen LogP) is 0.732. The zero-order valence-electron chi connectivity index (χ0n) is 12.8. The van der Waals surface area contributed by atoms with Crippen molar-refractivity contribution in [3.05, 3.63) is 0 Å². The molecule has 0 bridgehead atoms. The van der Waals surface area contributed by atoms with Crippen LogP contribution in [0.4, 0.5) is 0 Å². The monoisotopic (exact) mass is 306 g/mol. The average molecular weight is 306 g/mol. The number of esters is 1. The minimum atomic E-state index is -3.09. The number of piperidine rings is 1. The molecule has 1 rings (SSSR count). The lowest BCUT2D eigenvalue weighted by atomic mass is 10.1. The maximum atomic E-state index is 11.7. The Morgan fingerprint density at radius 1 is 1.30 bits per heavy atom. The molecule has 0 spiro atoms. The maximum Gasteiger partial charge on any atom is 0.320 e. The van der Waals surface area contributed by atoms with E-state index in [1.165, 1.54) is 4.31 Å². The predicted molar refractivity (Wildman–Crippen MR) is 77.9 cm³/mol. The topological polar surface area (TPSA) is 75.7 Å². The number of nitrogens with one attached hydrogen (secondary N) is 1. The highest BCUT2D eigenvalue weighted by molar-refractivity contribution is 7.89. The van der Waals surface area contributed by atoms with Crippen LogP contribution < -0.4 is 5.32 Å². The summed E-state index contributed by atoms with van der Waals surface area (Å²) in [5.74, 6) is -0.135. The highest BCUT2D eigenvalue weighted by atomic mass is 32.2. The number of hydrogen-bond donors (Lipinski definition) is 1. The van der Waals surface area contributed by atoms with Gasteiger partial charge in [-0.15, -0.1) is 0 Å². The standard InChI is InChI=1S/C13H26N2O4S/c1-5-20(17,18)15-8-6-11(7-9-15)14-10-12(16)19-13(2,3)4/h11,14H,5-10H2,1-4H3. The van der Waals surface area contributed by atoms with Crippen LogP contribution in [-0.4, -0.2) is 55.7 Å². The van der Waals surface area contributed by atoms with E-state index in [9.17, 15) is 13.2 Å². The molecule has 6 nitrogen and oxygen atoms in total. The smallest absolute Gasteiger partial charge is 0.320 e. The molecule has 118 valence electrons. The van der Waals surface area contributed by atoms with Gasteiger partial charge in [0, 0.05) is 19.1 Å². The molecule has 1 aliphatic heterocycles. The molecule has 1 N–H and O–H groups in total. The molecule has 0 aromatic carbocycles. The van der Waals surface area contributed by atoms with Crippen LogP contribution in [0, 0.1) is 0 Å². The van der Waals surface area contributed by atoms with Gasteiger partial charge in [0.15, 0.2) is 0 Å². The Kier molecular flexibility index (Phi) is 5.97. The van der Waals surface area contributed by atoms with Crippen molar-refractivity contribution >= 4 is 16.0 Å². The number of hydrogen-bond acceptors (Lipinski definition) is 5. The van der Waals surface area contributed by atoms with Crippen molar-refractivity contribution in [1.29, 1.82) is 0 Å². The molecule has 7 heteroatoms. The van der Waals surface area contributed by atoms with Crippen LogP contribution >= 0.6 is 0 Å². The molecule has 1 fully saturated rings. The molecule has 0 radical (unpaired) electrons. The van der Waals surface area contributed by atoms with Gasteiger partial charge in [-0.25, -0.2) is 12.7 Å². The third-order valence-corrected chi connectivity index (χ3v) is 5.05. The zero-order chi connectivity index (χ0) is 15.4. The molecule has 1 saturated heterocycles. The van der Waals surface area contributed by atoms with Crippen molar-refractivity contribution < 1.29 is 17.9 Å². The second kappa shape index (κ2) is 6.87. The molecular formula is C13H26N2O4S. The number of nitrogens with zero attached hydrogens (tertiary/aromatic N) is 1. The van der Waals surface area contributed by atoms with E-state index >= 15 is 0 Å². The minimum absolute atomic E-state index is 0.142. The van der Waals surface area contributed by atoms with E-state index in [4.69, 9.17) is 4.74 Å². The SMILES string of the molecule is CCS(=O)(=O)N1CCC(NCC(=O)OC(C)(C)C)CC1. The van der Waals surface area contributed by atoms with Crippen molar-refractivity contribution in [3.63, 3.8) is 0 Å². The zero-order valence-corrected chi connectivity index (χ0v) is 13.6. The van der Waals surface area contributed by atoms with Gasteiger partial charge in [0.05, 0.1) is 12.3 Å². The van der Waals surface area contributed by atoms with Crippen LogP contribution in [0.3, 0.4) is 0 Å². The quantitative estimate of drug-likeness (QED) is 0.758. The van der Waals surface area contributed by atoms with Crippen molar-refractivity contribution in [2.24, 2.45) is 0 Å². The lowest BCUT2D eigenvalue weighted by Crippen LogP contribution is -2.46. The fourth-order valence-electron chi connectivity index (χ4n) is 2.13. The molecule has 0 aromatic heterocycles. The normalized spacial score (nSPS) is 19.0. The van der Waals surface area contributed by atoms with Gasteiger partial charge in [-0.3, -0.25) is 4.79 Å². The number of rotatable bonds is 5. The first-order chi connectivity index (χ1) is 9.14. The highest BCUT2D eigenvalue weighted by Gasteiger charge is 2.27. The van der Waals surface area contributed by atoms with Crippen LogP contribution in [0.15, 0.2) is 0 Å². The van der Waals surface area contributed by atoms with Crippen LogP contribution in [-0.2, 0) is 19.6 Å². The summed E-state index contributed by atoms with van der Waals surface area (Å²) in [4.78, 5) is 11.6. The van der Waals surface area contributed by atoms with Crippen LogP contribution in [0.2, 0.25) is 0 Å². The van der Waals surface area contributed by atoms with E-state index in [1.807, 2.05) is 20.8 Å². The van der Waals surface area contributed by atoms with Crippen molar-refractivity contribution in [1.82, 2.24) is 9.62 Å². The van der Waals surface area contributed by atoms with E-state index in [1.54, 1.807) is 6.92 Å². The van der Waals surface area contributed by atoms with Crippen LogP contribution in [0.1, 0.15) is 40.5 Å². The second-order valence-corrected chi connectivity index (χ2v) is 8.30. The Balaban J connectivity index is 2.32. The first-order valence-electron chi connectivity index (χ1n) is 7.07. The van der Waals surface area contributed by atoms with Gasteiger partial charge in [0.2, 0.25) is 10.0 Å². The molecule has 0 saturated carbocycles. The lowest BCUT2D eigenvalue weighted by Gasteiger charge is -2.31. The van der Waals surface area contributed by atoms with Gasteiger partial charge >= 0.3 is 5.97 Å². The van der Waals surface area contributed by atoms with E-state index in [0.717, 1.165) is 12.8 Å². The van der Waals surface area contributed by atoms with Crippen LogP contribution in [0.5, 0.6) is 0 Å². The summed E-state index contributed by atoms with van der Waals surface area (Å²) >= 11 is 0. The summed E-state index contributed by atoms with van der Waals surface area (Å²) in [6.45, 7) is 8.35. The van der Waals surface area contributed by atoms with Gasteiger partial charge < -0.3 is 10.1 Å². The first-order valence-corrected chi connectivity index (χ1v) is 8.68. The van der Waals surface area contributed by atoms with E-state index in [-0.39, 0.29) is 24.3 Å².